The molecule has 24 heavy (non-hydrogen) atoms. The molecule has 0 radical (unpaired) electrons. The number of rotatable bonds is 7. The molecular weight excluding hydrogens is 373 g/mol. The number of hydrogen-bond acceptors (Lipinski definition) is 5. The van der Waals surface area contributed by atoms with Gasteiger partial charge in [-0.25, -0.2) is 0 Å². The van der Waals surface area contributed by atoms with Crippen molar-refractivity contribution in [2.24, 2.45) is 12.8 Å². The average molecular weight is 388 g/mol. The molecule has 0 atom stereocenters. The zero-order chi connectivity index (χ0) is 17.7. The van der Waals surface area contributed by atoms with Gasteiger partial charge in [0.05, 0.1) is 21.5 Å². The van der Waals surface area contributed by atoms with E-state index in [1.54, 1.807) is 29.8 Å². The minimum Gasteiger partial charge on any atom is -0.370 e. The maximum Gasteiger partial charge on any atom is 0.234 e. The second kappa shape index (κ2) is 8.36. The smallest absolute Gasteiger partial charge is 0.234 e. The third-order valence-corrected chi connectivity index (χ3v) is 4.92. The van der Waals surface area contributed by atoms with E-state index in [2.05, 4.69) is 15.5 Å². The highest BCUT2D eigenvalue weighted by Crippen LogP contribution is 2.29. The van der Waals surface area contributed by atoms with Crippen LogP contribution in [-0.2, 0) is 23.1 Å². The number of anilines is 1. The van der Waals surface area contributed by atoms with Crippen molar-refractivity contribution < 1.29 is 9.59 Å². The minimum absolute atomic E-state index is 0.130. The van der Waals surface area contributed by atoms with Crippen molar-refractivity contribution >= 4 is 52.5 Å². The lowest BCUT2D eigenvalue weighted by Crippen LogP contribution is -2.15. The number of aryl methyl sites for hydroxylation is 1. The van der Waals surface area contributed by atoms with Crippen LogP contribution in [0.4, 0.5) is 5.69 Å². The Labute approximate surface area is 152 Å². The molecule has 10 heteroatoms. The van der Waals surface area contributed by atoms with Crippen LogP contribution in [0.15, 0.2) is 23.4 Å². The van der Waals surface area contributed by atoms with E-state index in [0.29, 0.717) is 33.1 Å². The summed E-state index contributed by atoms with van der Waals surface area (Å²) in [6.45, 7) is 0. The molecule has 1 heterocycles. The van der Waals surface area contributed by atoms with Gasteiger partial charge in [0.1, 0.15) is 5.82 Å². The molecule has 0 aliphatic carbocycles. The van der Waals surface area contributed by atoms with Gasteiger partial charge in [0.25, 0.3) is 0 Å². The SMILES string of the molecule is Cn1c(CCC(N)=O)nnc1SCC(=O)Nc1cccc(Cl)c1Cl. The fourth-order valence-corrected chi connectivity index (χ4v) is 2.92. The zero-order valence-electron chi connectivity index (χ0n) is 12.8. The van der Waals surface area contributed by atoms with E-state index in [9.17, 15) is 9.59 Å². The number of amides is 2. The molecule has 2 rings (SSSR count). The van der Waals surface area contributed by atoms with Crippen LogP contribution >= 0.6 is 35.0 Å². The molecule has 2 amide bonds. The van der Waals surface area contributed by atoms with Gasteiger partial charge in [-0.1, -0.05) is 41.0 Å². The summed E-state index contributed by atoms with van der Waals surface area (Å²) < 4.78 is 1.73. The first kappa shape index (κ1) is 18.6. The van der Waals surface area contributed by atoms with E-state index in [0.717, 1.165) is 0 Å². The largest absolute Gasteiger partial charge is 0.370 e. The highest BCUT2D eigenvalue weighted by Gasteiger charge is 2.13. The van der Waals surface area contributed by atoms with Crippen molar-refractivity contribution in [2.45, 2.75) is 18.0 Å². The van der Waals surface area contributed by atoms with Crippen molar-refractivity contribution in [3.63, 3.8) is 0 Å². The van der Waals surface area contributed by atoms with Gasteiger partial charge in [0.15, 0.2) is 5.16 Å². The number of nitrogens with two attached hydrogens (primary N) is 1. The lowest BCUT2D eigenvalue weighted by Gasteiger charge is -2.08. The number of nitrogens with one attached hydrogen (secondary N) is 1. The number of carbonyl (C=O) groups is 2. The van der Waals surface area contributed by atoms with Crippen LogP contribution in [-0.4, -0.2) is 32.3 Å². The third-order valence-electron chi connectivity index (χ3n) is 3.08. The van der Waals surface area contributed by atoms with E-state index in [4.69, 9.17) is 28.9 Å². The summed E-state index contributed by atoms with van der Waals surface area (Å²) in [5, 5.41) is 11.9. The summed E-state index contributed by atoms with van der Waals surface area (Å²) in [6, 6.07) is 5.01. The first-order valence-corrected chi connectivity index (χ1v) is 8.66. The second-order valence-corrected chi connectivity index (χ2v) is 6.59. The number of halogens is 2. The van der Waals surface area contributed by atoms with E-state index in [1.165, 1.54) is 11.8 Å². The predicted octanol–water partition coefficient (Wildman–Crippen LogP) is 2.27. The predicted molar refractivity (Wildman–Crippen MR) is 94.3 cm³/mol. The van der Waals surface area contributed by atoms with Gasteiger partial charge >= 0.3 is 0 Å². The molecule has 0 aliphatic rings. The Morgan fingerprint density at radius 2 is 2.08 bits per heavy atom. The summed E-state index contributed by atoms with van der Waals surface area (Å²) >= 11 is 13.2. The molecule has 1 aromatic carbocycles. The van der Waals surface area contributed by atoms with E-state index in [1.807, 2.05) is 0 Å². The molecule has 128 valence electrons. The fourth-order valence-electron chi connectivity index (χ4n) is 1.84. The van der Waals surface area contributed by atoms with E-state index >= 15 is 0 Å². The summed E-state index contributed by atoms with van der Waals surface area (Å²) in [7, 11) is 1.77. The molecule has 1 aromatic heterocycles. The van der Waals surface area contributed by atoms with Crippen LogP contribution in [0.3, 0.4) is 0 Å². The van der Waals surface area contributed by atoms with Crippen LogP contribution in [0.2, 0.25) is 10.0 Å². The Hall–Kier alpha value is -1.77. The van der Waals surface area contributed by atoms with Gasteiger partial charge in [-0.15, -0.1) is 10.2 Å². The van der Waals surface area contributed by atoms with Crippen molar-refractivity contribution in [3.8, 4) is 0 Å². The molecule has 0 saturated heterocycles. The summed E-state index contributed by atoms with van der Waals surface area (Å²) in [4.78, 5) is 22.8. The molecule has 3 N–H and O–H groups in total. The molecule has 0 bridgehead atoms. The van der Waals surface area contributed by atoms with Crippen LogP contribution in [0.25, 0.3) is 0 Å². The average Bonchev–Trinajstić information content (AvgIpc) is 2.88. The van der Waals surface area contributed by atoms with Crippen molar-refractivity contribution in [1.82, 2.24) is 14.8 Å². The van der Waals surface area contributed by atoms with Crippen LogP contribution in [0, 0.1) is 0 Å². The molecule has 0 saturated carbocycles. The summed E-state index contributed by atoms with van der Waals surface area (Å²) in [5.41, 5.74) is 5.57. The van der Waals surface area contributed by atoms with Crippen molar-refractivity contribution in [1.29, 1.82) is 0 Å². The van der Waals surface area contributed by atoms with Gasteiger partial charge in [0.2, 0.25) is 11.8 Å². The number of nitrogens with zero attached hydrogens (tertiary/aromatic N) is 3. The molecule has 2 aromatic rings. The molecule has 7 nitrogen and oxygen atoms in total. The van der Waals surface area contributed by atoms with Crippen LogP contribution < -0.4 is 11.1 Å². The number of primary amides is 1. The Morgan fingerprint density at radius 1 is 1.33 bits per heavy atom. The Balaban J connectivity index is 1.92. The topological polar surface area (TPSA) is 103 Å². The fraction of sp³-hybridized carbons (Fsp3) is 0.286. The number of thioether (sulfide) groups is 1. The summed E-state index contributed by atoms with van der Waals surface area (Å²) in [6.07, 6.45) is 0.605. The number of hydrogen-bond donors (Lipinski definition) is 2. The Bertz CT molecular complexity index is 766. The normalized spacial score (nSPS) is 10.6. The molecule has 0 aliphatic heterocycles. The molecule has 0 fully saturated rings. The number of carbonyl (C=O) groups excluding carboxylic acids is 2. The van der Waals surface area contributed by atoms with Gasteiger partial charge in [0, 0.05) is 19.9 Å². The first-order chi connectivity index (χ1) is 11.4. The van der Waals surface area contributed by atoms with Crippen LogP contribution in [0.1, 0.15) is 12.2 Å². The zero-order valence-corrected chi connectivity index (χ0v) is 15.1. The molecule has 0 unspecified atom stereocenters. The van der Waals surface area contributed by atoms with E-state index < -0.39 is 5.91 Å². The number of benzene rings is 1. The number of aromatic nitrogens is 3. The van der Waals surface area contributed by atoms with Gasteiger partial charge in [-0.2, -0.15) is 0 Å². The highest BCUT2D eigenvalue weighted by molar-refractivity contribution is 7.99. The maximum absolute atomic E-state index is 12.0. The Morgan fingerprint density at radius 3 is 2.79 bits per heavy atom. The van der Waals surface area contributed by atoms with Crippen molar-refractivity contribution in [3.05, 3.63) is 34.1 Å². The van der Waals surface area contributed by atoms with Crippen LogP contribution in [0.5, 0.6) is 0 Å². The molecule has 0 spiro atoms. The van der Waals surface area contributed by atoms with Gasteiger partial charge in [-0.3, -0.25) is 9.59 Å². The minimum atomic E-state index is -0.398. The highest BCUT2D eigenvalue weighted by atomic mass is 35.5. The Kier molecular flexibility index (Phi) is 6.47. The lowest BCUT2D eigenvalue weighted by atomic mass is 10.3. The quantitative estimate of drug-likeness (QED) is 0.709. The third kappa shape index (κ3) is 4.86. The summed E-state index contributed by atoms with van der Waals surface area (Å²) in [5.74, 6) is 0.121. The van der Waals surface area contributed by atoms with Gasteiger partial charge < -0.3 is 15.6 Å². The van der Waals surface area contributed by atoms with Gasteiger partial charge in [-0.05, 0) is 12.1 Å². The maximum atomic E-state index is 12.0. The second-order valence-electron chi connectivity index (χ2n) is 4.86. The van der Waals surface area contributed by atoms with Crippen molar-refractivity contribution in [2.75, 3.05) is 11.1 Å². The monoisotopic (exact) mass is 387 g/mol. The van der Waals surface area contributed by atoms with E-state index in [-0.39, 0.29) is 18.1 Å². The first-order valence-electron chi connectivity index (χ1n) is 6.91. The standard InChI is InChI=1S/C14H15Cl2N5O2S/c1-21-11(6-5-10(17)22)19-20-14(21)24-7-12(23)18-9-4-2-3-8(15)13(9)16/h2-4H,5-7H2,1H3,(H2,17,22)(H,18,23). The molecular formula is C14H15Cl2N5O2S. The lowest BCUT2D eigenvalue weighted by molar-refractivity contribution is -0.118.